The molecular formula is C15H20N2OS. The first-order valence-corrected chi connectivity index (χ1v) is 8.03. The van der Waals surface area contributed by atoms with Crippen molar-refractivity contribution >= 4 is 23.4 Å². The monoisotopic (exact) mass is 276 g/mol. The molecule has 1 amide bonds. The topological polar surface area (TPSA) is 46.3 Å². The largest absolute Gasteiger partial charge is 0.328 e. The van der Waals surface area contributed by atoms with E-state index in [1.54, 1.807) is 0 Å². The molecule has 1 fully saturated rings. The van der Waals surface area contributed by atoms with Crippen LogP contribution < -0.4 is 10.6 Å². The van der Waals surface area contributed by atoms with E-state index in [0.717, 1.165) is 43.7 Å². The predicted molar refractivity (Wildman–Crippen MR) is 79.5 cm³/mol. The van der Waals surface area contributed by atoms with E-state index in [0.29, 0.717) is 0 Å². The molecule has 3 rings (SSSR count). The summed E-state index contributed by atoms with van der Waals surface area (Å²) in [6.45, 7) is 0.826. The first kappa shape index (κ1) is 13.0. The number of hydrogen-bond donors (Lipinski definition) is 1. The Balaban J connectivity index is 1.81. The van der Waals surface area contributed by atoms with Gasteiger partial charge in [-0.3, -0.25) is 4.79 Å². The third kappa shape index (κ3) is 2.65. The van der Waals surface area contributed by atoms with Crippen LogP contribution in [0.25, 0.3) is 0 Å². The summed E-state index contributed by atoms with van der Waals surface area (Å²) in [5.74, 6) is 1.39. The molecule has 0 saturated heterocycles. The lowest BCUT2D eigenvalue weighted by Crippen LogP contribution is -2.43. The van der Waals surface area contributed by atoms with Gasteiger partial charge in [-0.25, -0.2) is 0 Å². The Morgan fingerprint density at radius 2 is 2.16 bits per heavy atom. The van der Waals surface area contributed by atoms with Crippen LogP contribution in [0.15, 0.2) is 29.2 Å². The second kappa shape index (κ2) is 5.55. The molecule has 3 nitrogen and oxygen atoms in total. The van der Waals surface area contributed by atoms with Crippen LogP contribution in [0.3, 0.4) is 0 Å². The number of hydrogen-bond acceptors (Lipinski definition) is 3. The Hall–Kier alpha value is -1.00. The number of carbonyl (C=O) groups excluding carboxylic acids is 1. The van der Waals surface area contributed by atoms with Crippen LogP contribution in [0, 0.1) is 5.92 Å². The zero-order valence-corrected chi connectivity index (χ0v) is 11.9. The minimum atomic E-state index is 0.125. The molecule has 0 spiro atoms. The SMILES string of the molecule is NC1CCCC(C(=O)N2CCSc3ccccc32)C1. The van der Waals surface area contributed by atoms with Crippen molar-refractivity contribution in [3.05, 3.63) is 24.3 Å². The van der Waals surface area contributed by atoms with Crippen LogP contribution in [-0.4, -0.2) is 24.2 Å². The van der Waals surface area contributed by atoms with Gasteiger partial charge in [0.2, 0.25) is 5.91 Å². The van der Waals surface area contributed by atoms with Gasteiger partial charge in [-0.1, -0.05) is 18.6 Å². The van der Waals surface area contributed by atoms with Gasteiger partial charge in [0.1, 0.15) is 0 Å². The lowest BCUT2D eigenvalue weighted by atomic mass is 9.85. The van der Waals surface area contributed by atoms with Crippen molar-refractivity contribution in [3.8, 4) is 0 Å². The molecule has 19 heavy (non-hydrogen) atoms. The van der Waals surface area contributed by atoms with E-state index < -0.39 is 0 Å². The highest BCUT2D eigenvalue weighted by Crippen LogP contribution is 2.36. The third-order valence-corrected chi connectivity index (χ3v) is 5.10. The van der Waals surface area contributed by atoms with Crippen molar-refractivity contribution in [1.29, 1.82) is 0 Å². The number of nitrogens with zero attached hydrogens (tertiary/aromatic N) is 1. The van der Waals surface area contributed by atoms with Crippen molar-refractivity contribution in [3.63, 3.8) is 0 Å². The van der Waals surface area contributed by atoms with E-state index in [1.165, 1.54) is 4.90 Å². The number of amides is 1. The maximum absolute atomic E-state index is 12.7. The Bertz CT molecular complexity index is 477. The van der Waals surface area contributed by atoms with Crippen LogP contribution in [0.5, 0.6) is 0 Å². The summed E-state index contributed by atoms with van der Waals surface area (Å²) in [6.07, 6.45) is 4.00. The average molecular weight is 276 g/mol. The summed E-state index contributed by atoms with van der Waals surface area (Å²) >= 11 is 1.84. The molecular weight excluding hydrogens is 256 g/mol. The highest BCUT2D eigenvalue weighted by atomic mass is 32.2. The van der Waals surface area contributed by atoms with E-state index in [2.05, 4.69) is 12.1 Å². The number of rotatable bonds is 1. The third-order valence-electron chi connectivity index (χ3n) is 4.06. The minimum Gasteiger partial charge on any atom is -0.328 e. The fourth-order valence-electron chi connectivity index (χ4n) is 3.07. The number of benzene rings is 1. The molecule has 4 heteroatoms. The number of anilines is 1. The Morgan fingerprint density at radius 3 is 3.00 bits per heavy atom. The lowest BCUT2D eigenvalue weighted by molar-refractivity contribution is -0.123. The van der Waals surface area contributed by atoms with E-state index in [1.807, 2.05) is 28.8 Å². The van der Waals surface area contributed by atoms with Gasteiger partial charge in [0, 0.05) is 29.2 Å². The number of nitrogens with two attached hydrogens (primary N) is 1. The van der Waals surface area contributed by atoms with Crippen LogP contribution in [0.1, 0.15) is 25.7 Å². The van der Waals surface area contributed by atoms with Gasteiger partial charge in [0.05, 0.1) is 5.69 Å². The number of carbonyl (C=O) groups is 1. The van der Waals surface area contributed by atoms with Crippen molar-refractivity contribution in [1.82, 2.24) is 0 Å². The maximum Gasteiger partial charge on any atom is 0.230 e. The van der Waals surface area contributed by atoms with E-state index in [9.17, 15) is 4.79 Å². The van der Waals surface area contributed by atoms with Crippen molar-refractivity contribution in [2.75, 3.05) is 17.2 Å². The molecule has 2 aliphatic rings. The standard InChI is InChI=1S/C15H20N2OS/c16-12-5-3-4-11(10-12)15(18)17-8-9-19-14-7-2-1-6-13(14)17/h1-2,6-7,11-12H,3-5,8-10,16H2. The summed E-state index contributed by atoms with van der Waals surface area (Å²) in [5.41, 5.74) is 7.10. The summed E-state index contributed by atoms with van der Waals surface area (Å²) in [4.78, 5) is 15.9. The number of thioether (sulfide) groups is 1. The maximum atomic E-state index is 12.7. The van der Waals surface area contributed by atoms with Crippen LogP contribution in [-0.2, 0) is 4.79 Å². The van der Waals surface area contributed by atoms with Gasteiger partial charge in [-0.2, -0.15) is 0 Å². The number of fused-ring (bicyclic) bond motifs is 1. The molecule has 1 aromatic rings. The van der Waals surface area contributed by atoms with Gasteiger partial charge in [-0.05, 0) is 31.4 Å². The molecule has 1 heterocycles. The molecule has 0 radical (unpaired) electrons. The van der Waals surface area contributed by atoms with E-state index in [4.69, 9.17) is 5.73 Å². The van der Waals surface area contributed by atoms with Crippen molar-refractivity contribution < 1.29 is 4.79 Å². The number of para-hydroxylation sites is 1. The predicted octanol–water partition coefficient (Wildman–Crippen LogP) is 2.64. The van der Waals surface area contributed by atoms with E-state index in [-0.39, 0.29) is 17.9 Å². The Kier molecular flexibility index (Phi) is 3.80. The molecule has 0 aromatic heterocycles. The van der Waals surface area contributed by atoms with Gasteiger partial charge >= 0.3 is 0 Å². The second-order valence-electron chi connectivity index (χ2n) is 5.43. The lowest BCUT2D eigenvalue weighted by Gasteiger charge is -2.34. The first-order valence-electron chi connectivity index (χ1n) is 7.04. The molecule has 1 aromatic carbocycles. The van der Waals surface area contributed by atoms with E-state index >= 15 is 0 Å². The summed E-state index contributed by atoms with van der Waals surface area (Å²) in [7, 11) is 0. The average Bonchev–Trinajstić information content (AvgIpc) is 2.46. The summed E-state index contributed by atoms with van der Waals surface area (Å²) in [6, 6.07) is 8.42. The summed E-state index contributed by atoms with van der Waals surface area (Å²) < 4.78 is 0. The zero-order valence-electron chi connectivity index (χ0n) is 11.0. The molecule has 102 valence electrons. The Morgan fingerprint density at radius 1 is 1.32 bits per heavy atom. The fourth-order valence-corrected chi connectivity index (χ4v) is 4.07. The molecule has 0 bridgehead atoms. The molecule has 2 N–H and O–H groups in total. The van der Waals surface area contributed by atoms with Crippen molar-refractivity contribution in [2.24, 2.45) is 11.7 Å². The quantitative estimate of drug-likeness (QED) is 0.857. The van der Waals surface area contributed by atoms with Crippen LogP contribution in [0.4, 0.5) is 5.69 Å². The highest BCUT2D eigenvalue weighted by Gasteiger charge is 2.31. The molecule has 1 aliphatic heterocycles. The van der Waals surface area contributed by atoms with Crippen LogP contribution >= 0.6 is 11.8 Å². The molecule has 1 saturated carbocycles. The summed E-state index contributed by atoms with van der Waals surface area (Å²) in [5, 5.41) is 0. The second-order valence-corrected chi connectivity index (χ2v) is 6.57. The van der Waals surface area contributed by atoms with Gasteiger partial charge < -0.3 is 10.6 Å². The Labute approximate surface area is 118 Å². The normalized spacial score (nSPS) is 26.9. The minimum absolute atomic E-state index is 0.125. The fraction of sp³-hybridized carbons (Fsp3) is 0.533. The van der Waals surface area contributed by atoms with Gasteiger partial charge in [-0.15, -0.1) is 11.8 Å². The molecule has 2 atom stereocenters. The molecule has 1 aliphatic carbocycles. The first-order chi connectivity index (χ1) is 9.25. The van der Waals surface area contributed by atoms with Gasteiger partial charge in [0.25, 0.3) is 0 Å². The van der Waals surface area contributed by atoms with Crippen molar-refractivity contribution in [2.45, 2.75) is 36.6 Å². The smallest absolute Gasteiger partial charge is 0.230 e. The van der Waals surface area contributed by atoms with Crippen LogP contribution in [0.2, 0.25) is 0 Å². The zero-order chi connectivity index (χ0) is 13.2. The molecule has 2 unspecified atom stereocenters. The van der Waals surface area contributed by atoms with Gasteiger partial charge in [0.15, 0.2) is 0 Å². The highest BCUT2D eigenvalue weighted by molar-refractivity contribution is 7.99.